The van der Waals surface area contributed by atoms with Crippen molar-refractivity contribution < 1.29 is 19.1 Å². The molecule has 28 heavy (non-hydrogen) atoms. The van der Waals surface area contributed by atoms with Crippen molar-refractivity contribution in [2.45, 2.75) is 45.6 Å². The van der Waals surface area contributed by atoms with Gasteiger partial charge in [-0.2, -0.15) is 0 Å². The number of piperazine rings is 1. The number of carbonyl (C=O) groups excluding carboxylic acids is 2. The van der Waals surface area contributed by atoms with Gasteiger partial charge in [0.15, 0.2) is 17.3 Å². The van der Waals surface area contributed by atoms with Crippen LogP contribution in [0.1, 0.15) is 50.4 Å². The number of halogens is 1. The molecule has 0 aromatic heterocycles. The lowest BCUT2D eigenvalue weighted by molar-refractivity contribution is -0.133. The molecule has 0 aliphatic carbocycles. The fourth-order valence-corrected chi connectivity index (χ4v) is 3.32. The SMILES string of the molecule is CCC(C)(C)N1CCN(C(=O)CCC(=O)c2ccc(OC)c(OC)c2)CC1.Cl. The number of methoxy groups -OCH3 is 2. The van der Waals surface area contributed by atoms with Crippen LogP contribution in [0.3, 0.4) is 0 Å². The Morgan fingerprint density at radius 3 is 2.14 bits per heavy atom. The van der Waals surface area contributed by atoms with Crippen LogP contribution in [0.25, 0.3) is 0 Å². The number of carbonyl (C=O) groups is 2. The van der Waals surface area contributed by atoms with Gasteiger partial charge in [-0.05, 0) is 38.5 Å². The third-order valence-electron chi connectivity index (χ3n) is 5.63. The summed E-state index contributed by atoms with van der Waals surface area (Å²) in [4.78, 5) is 29.3. The topological polar surface area (TPSA) is 59.1 Å². The van der Waals surface area contributed by atoms with Crippen molar-refractivity contribution in [3.05, 3.63) is 23.8 Å². The van der Waals surface area contributed by atoms with Crippen molar-refractivity contribution in [1.29, 1.82) is 0 Å². The van der Waals surface area contributed by atoms with Crippen LogP contribution in [0.5, 0.6) is 11.5 Å². The van der Waals surface area contributed by atoms with Crippen LogP contribution in [0.15, 0.2) is 18.2 Å². The van der Waals surface area contributed by atoms with E-state index in [-0.39, 0.29) is 42.5 Å². The number of hydrogen-bond donors (Lipinski definition) is 0. The fourth-order valence-electron chi connectivity index (χ4n) is 3.32. The van der Waals surface area contributed by atoms with E-state index in [0.717, 1.165) is 32.6 Å². The maximum absolute atomic E-state index is 12.5. The highest BCUT2D eigenvalue weighted by Crippen LogP contribution is 2.28. The molecule has 0 bridgehead atoms. The Kier molecular flexibility index (Phi) is 9.24. The second-order valence-corrected chi connectivity index (χ2v) is 7.53. The Bertz CT molecular complexity index is 670. The molecule has 1 aromatic carbocycles. The number of benzene rings is 1. The van der Waals surface area contributed by atoms with Crippen LogP contribution in [0.2, 0.25) is 0 Å². The standard InChI is InChI=1S/C21H32N2O4.ClH/c1-6-21(2,3)23-13-11-22(12-14-23)20(25)10-8-17(24)16-7-9-18(26-4)19(15-16)27-5;/h7,9,15H,6,8,10-14H2,1-5H3;1H. The van der Waals surface area contributed by atoms with Crippen molar-refractivity contribution in [3.8, 4) is 11.5 Å². The number of hydrogen-bond acceptors (Lipinski definition) is 5. The molecule has 1 fully saturated rings. The van der Waals surface area contributed by atoms with E-state index >= 15 is 0 Å². The molecule has 1 amide bonds. The summed E-state index contributed by atoms with van der Waals surface area (Å²) in [5, 5.41) is 0. The number of nitrogens with zero attached hydrogens (tertiary/aromatic N) is 2. The molecule has 0 unspecified atom stereocenters. The third kappa shape index (κ3) is 5.85. The average Bonchev–Trinajstić information content (AvgIpc) is 2.71. The van der Waals surface area contributed by atoms with E-state index in [2.05, 4.69) is 25.7 Å². The average molecular weight is 413 g/mol. The minimum absolute atomic E-state index is 0. The number of amides is 1. The quantitative estimate of drug-likeness (QED) is 0.612. The molecule has 0 saturated carbocycles. The van der Waals surface area contributed by atoms with Crippen LogP contribution in [-0.2, 0) is 4.79 Å². The summed E-state index contributed by atoms with van der Waals surface area (Å²) in [6.45, 7) is 9.90. The van der Waals surface area contributed by atoms with Crippen molar-refractivity contribution in [2.75, 3.05) is 40.4 Å². The molecule has 6 nitrogen and oxygen atoms in total. The molecule has 158 valence electrons. The van der Waals surface area contributed by atoms with Crippen LogP contribution in [-0.4, -0.2) is 67.4 Å². The van der Waals surface area contributed by atoms with Gasteiger partial charge in [0.1, 0.15) is 0 Å². The summed E-state index contributed by atoms with van der Waals surface area (Å²) in [7, 11) is 3.09. The zero-order valence-electron chi connectivity index (χ0n) is 17.6. The number of ether oxygens (including phenoxy) is 2. The number of rotatable bonds is 8. The smallest absolute Gasteiger partial charge is 0.223 e. The van der Waals surface area contributed by atoms with Gasteiger partial charge < -0.3 is 14.4 Å². The number of Topliss-reactive ketones (excluding diaryl/α,β-unsaturated/α-hetero) is 1. The van der Waals surface area contributed by atoms with Crippen LogP contribution in [0.4, 0.5) is 0 Å². The monoisotopic (exact) mass is 412 g/mol. The summed E-state index contributed by atoms with van der Waals surface area (Å²) in [6.07, 6.45) is 1.53. The molecular weight excluding hydrogens is 380 g/mol. The first-order chi connectivity index (χ1) is 12.8. The first-order valence-electron chi connectivity index (χ1n) is 9.60. The van der Waals surface area contributed by atoms with Crippen molar-refractivity contribution in [3.63, 3.8) is 0 Å². The molecule has 0 radical (unpaired) electrons. The minimum Gasteiger partial charge on any atom is -0.493 e. The van der Waals surface area contributed by atoms with Gasteiger partial charge in [0.2, 0.25) is 5.91 Å². The summed E-state index contributed by atoms with van der Waals surface area (Å²) in [5.41, 5.74) is 0.702. The summed E-state index contributed by atoms with van der Waals surface area (Å²) < 4.78 is 10.4. The van der Waals surface area contributed by atoms with Crippen LogP contribution >= 0.6 is 12.4 Å². The molecule has 0 N–H and O–H groups in total. The molecule has 2 rings (SSSR count). The molecule has 1 aromatic rings. The van der Waals surface area contributed by atoms with E-state index in [1.54, 1.807) is 25.3 Å². The van der Waals surface area contributed by atoms with Gasteiger partial charge in [-0.3, -0.25) is 14.5 Å². The molecule has 1 aliphatic heterocycles. The van der Waals surface area contributed by atoms with E-state index in [0.29, 0.717) is 17.1 Å². The van der Waals surface area contributed by atoms with Gasteiger partial charge in [0, 0.05) is 50.1 Å². The van der Waals surface area contributed by atoms with Crippen LogP contribution in [0, 0.1) is 0 Å². The van der Waals surface area contributed by atoms with Gasteiger partial charge >= 0.3 is 0 Å². The maximum Gasteiger partial charge on any atom is 0.223 e. The minimum atomic E-state index is -0.0601. The third-order valence-corrected chi connectivity index (χ3v) is 5.63. The van der Waals surface area contributed by atoms with Crippen molar-refractivity contribution in [1.82, 2.24) is 9.80 Å². The molecule has 0 spiro atoms. The zero-order chi connectivity index (χ0) is 20.0. The summed E-state index contributed by atoms with van der Waals surface area (Å²) >= 11 is 0. The lowest BCUT2D eigenvalue weighted by Gasteiger charge is -2.43. The lowest BCUT2D eigenvalue weighted by Crippen LogP contribution is -2.55. The van der Waals surface area contributed by atoms with Gasteiger partial charge in [-0.1, -0.05) is 6.92 Å². The predicted octanol–water partition coefficient (Wildman–Crippen LogP) is 3.42. The lowest BCUT2D eigenvalue weighted by atomic mass is 9.98. The Labute approximate surface area is 174 Å². The summed E-state index contributed by atoms with van der Waals surface area (Å²) in [5.74, 6) is 1.09. The predicted molar refractivity (Wildman–Crippen MR) is 113 cm³/mol. The van der Waals surface area contributed by atoms with Gasteiger partial charge in [-0.25, -0.2) is 0 Å². The van der Waals surface area contributed by atoms with Gasteiger partial charge in [0.25, 0.3) is 0 Å². The zero-order valence-corrected chi connectivity index (χ0v) is 18.4. The summed E-state index contributed by atoms with van der Waals surface area (Å²) in [6, 6.07) is 5.08. The first kappa shape index (κ1) is 24.2. The maximum atomic E-state index is 12.5. The second kappa shape index (κ2) is 10.7. The normalized spacial score (nSPS) is 15.0. The Morgan fingerprint density at radius 2 is 1.61 bits per heavy atom. The van der Waals surface area contributed by atoms with Crippen molar-refractivity contribution >= 4 is 24.1 Å². The van der Waals surface area contributed by atoms with E-state index in [1.165, 1.54) is 7.11 Å². The second-order valence-electron chi connectivity index (χ2n) is 7.53. The largest absolute Gasteiger partial charge is 0.493 e. The molecule has 1 aliphatic rings. The fraction of sp³-hybridized carbons (Fsp3) is 0.619. The Balaban J connectivity index is 0.00000392. The van der Waals surface area contributed by atoms with Gasteiger partial charge in [0.05, 0.1) is 14.2 Å². The van der Waals surface area contributed by atoms with E-state index in [9.17, 15) is 9.59 Å². The Hall–Kier alpha value is -1.79. The van der Waals surface area contributed by atoms with E-state index in [4.69, 9.17) is 9.47 Å². The highest BCUT2D eigenvalue weighted by atomic mass is 35.5. The molecule has 1 saturated heterocycles. The van der Waals surface area contributed by atoms with E-state index in [1.807, 2.05) is 4.90 Å². The molecule has 0 atom stereocenters. The highest BCUT2D eigenvalue weighted by molar-refractivity contribution is 5.98. The van der Waals surface area contributed by atoms with E-state index < -0.39 is 0 Å². The highest BCUT2D eigenvalue weighted by Gasteiger charge is 2.29. The Morgan fingerprint density at radius 1 is 1.00 bits per heavy atom. The van der Waals surface area contributed by atoms with Crippen LogP contribution < -0.4 is 9.47 Å². The number of ketones is 1. The van der Waals surface area contributed by atoms with Crippen molar-refractivity contribution in [2.24, 2.45) is 0 Å². The molecule has 1 heterocycles. The molecular formula is C21H33ClN2O4. The van der Waals surface area contributed by atoms with Gasteiger partial charge in [-0.15, -0.1) is 12.4 Å². The first-order valence-corrected chi connectivity index (χ1v) is 9.60. The molecule has 7 heteroatoms.